The third-order valence-electron chi connectivity index (χ3n) is 4.21. The maximum atomic E-state index is 12.6. The van der Waals surface area contributed by atoms with Gasteiger partial charge in [-0.15, -0.1) is 0 Å². The molecule has 1 saturated carbocycles. The molecule has 1 aliphatic carbocycles. The molecule has 0 bridgehead atoms. The summed E-state index contributed by atoms with van der Waals surface area (Å²) >= 11 is 11.4. The maximum Gasteiger partial charge on any atom is 0.227 e. The summed E-state index contributed by atoms with van der Waals surface area (Å²) in [5, 5.41) is 0. The van der Waals surface area contributed by atoms with Crippen molar-refractivity contribution in [2.75, 3.05) is 13.1 Å². The third kappa shape index (κ3) is 3.09. The van der Waals surface area contributed by atoms with Crippen LogP contribution in [-0.4, -0.2) is 36.1 Å². The van der Waals surface area contributed by atoms with E-state index in [2.05, 4.69) is 13.8 Å². The Hall–Kier alpha value is -0.250. The van der Waals surface area contributed by atoms with Crippen molar-refractivity contribution in [3.63, 3.8) is 0 Å². The largest absolute Gasteiger partial charge is 0.372 e. The Balaban J connectivity index is 2.07. The monoisotopic (exact) mass is 305 g/mol. The normalized spacial score (nSPS) is 36.8. The van der Waals surface area contributed by atoms with E-state index >= 15 is 0 Å². The molecule has 2 aliphatic rings. The van der Waals surface area contributed by atoms with E-state index in [4.69, 9.17) is 27.9 Å². The number of hydrogen-bond donors (Lipinski definition) is 0. The second-order valence-electron chi connectivity index (χ2n) is 6.28. The number of halogens is 2. The highest BCUT2D eigenvalue weighted by molar-refractivity contribution is 6.55. The van der Waals surface area contributed by atoms with E-state index in [9.17, 15) is 4.79 Å². The highest BCUT2D eigenvalue weighted by Crippen LogP contribution is 2.60. The van der Waals surface area contributed by atoms with Crippen LogP contribution >= 0.6 is 23.2 Å². The molecule has 0 aromatic carbocycles. The molecule has 0 N–H and O–H groups in total. The van der Waals surface area contributed by atoms with Crippen molar-refractivity contribution < 1.29 is 9.53 Å². The molecule has 1 aliphatic heterocycles. The Bertz CT molecular complexity index is 394. The van der Waals surface area contributed by atoms with Crippen LogP contribution in [-0.2, 0) is 9.53 Å². The predicted molar refractivity (Wildman–Crippen MR) is 77.1 cm³/mol. The van der Waals surface area contributed by atoms with Crippen LogP contribution in [0.15, 0.2) is 10.6 Å². The minimum atomic E-state index is -0.0586. The molecule has 0 aromatic rings. The molecular weight excluding hydrogens is 285 g/mol. The highest BCUT2D eigenvalue weighted by Gasteiger charge is 2.61. The van der Waals surface area contributed by atoms with Crippen molar-refractivity contribution >= 4 is 29.1 Å². The second-order valence-corrected chi connectivity index (χ2v) is 7.29. The average Bonchev–Trinajstić information content (AvgIpc) is 2.77. The molecule has 1 amide bonds. The lowest BCUT2D eigenvalue weighted by molar-refractivity contribution is -0.145. The van der Waals surface area contributed by atoms with Gasteiger partial charge in [-0.05, 0) is 31.3 Å². The first kappa shape index (κ1) is 15.1. The summed E-state index contributed by atoms with van der Waals surface area (Å²) in [5.74, 6) is 0.318. The van der Waals surface area contributed by atoms with Crippen molar-refractivity contribution in [1.82, 2.24) is 4.90 Å². The lowest BCUT2D eigenvalue weighted by Crippen LogP contribution is -2.49. The van der Waals surface area contributed by atoms with Crippen LogP contribution in [0.2, 0.25) is 0 Å². The minimum absolute atomic E-state index is 0.0162. The van der Waals surface area contributed by atoms with E-state index < -0.39 is 0 Å². The van der Waals surface area contributed by atoms with Gasteiger partial charge in [-0.1, -0.05) is 37.0 Å². The van der Waals surface area contributed by atoms with Crippen LogP contribution < -0.4 is 0 Å². The molecule has 0 radical (unpaired) electrons. The molecule has 0 aromatic heterocycles. The Morgan fingerprint density at radius 1 is 1.26 bits per heavy atom. The van der Waals surface area contributed by atoms with Crippen LogP contribution in [0.3, 0.4) is 0 Å². The van der Waals surface area contributed by atoms with Crippen LogP contribution in [0.4, 0.5) is 0 Å². The van der Waals surface area contributed by atoms with E-state index in [0.29, 0.717) is 13.1 Å². The molecule has 2 fully saturated rings. The Kier molecular flexibility index (Phi) is 4.20. The second kappa shape index (κ2) is 5.27. The summed E-state index contributed by atoms with van der Waals surface area (Å²) in [6.07, 6.45) is 1.99. The number of allylic oxidation sites excluding steroid dienone is 1. The van der Waals surface area contributed by atoms with Crippen molar-refractivity contribution in [3.8, 4) is 0 Å². The Morgan fingerprint density at radius 3 is 2.26 bits per heavy atom. The molecule has 1 heterocycles. The molecule has 2 rings (SSSR count). The first-order valence-electron chi connectivity index (χ1n) is 6.70. The number of amides is 1. The van der Waals surface area contributed by atoms with Crippen molar-refractivity contribution in [2.45, 2.75) is 39.9 Å². The van der Waals surface area contributed by atoms with E-state index in [1.54, 1.807) is 6.08 Å². The molecular formula is C14H21Cl2NO2. The minimum Gasteiger partial charge on any atom is -0.372 e. The SMILES string of the molecule is C[C@@H]1CN(C(=O)[C@@H]2[C@H](C=C(Cl)Cl)C2(C)C)C[C@@H](C)O1. The zero-order valence-corrected chi connectivity index (χ0v) is 13.3. The van der Waals surface area contributed by atoms with E-state index in [-0.39, 0.29) is 39.9 Å². The highest BCUT2D eigenvalue weighted by atomic mass is 35.5. The smallest absolute Gasteiger partial charge is 0.227 e. The number of morpholine rings is 1. The summed E-state index contributed by atoms with van der Waals surface area (Å²) in [6.45, 7) is 9.51. The number of rotatable bonds is 2. The van der Waals surface area contributed by atoms with E-state index in [1.807, 2.05) is 18.7 Å². The standard InChI is InChI=1S/C14H21Cl2NO2/c1-8-6-17(7-9(2)19-8)13(18)12-10(5-11(15)16)14(12,3)4/h5,8-10,12H,6-7H2,1-4H3/t8-,9-,10+,12+/m1/s1. The van der Waals surface area contributed by atoms with Gasteiger partial charge in [-0.3, -0.25) is 4.79 Å². The number of carbonyl (C=O) groups is 1. The van der Waals surface area contributed by atoms with Crippen LogP contribution in [0.5, 0.6) is 0 Å². The summed E-state index contributed by atoms with van der Waals surface area (Å²) in [5.41, 5.74) is -0.0586. The van der Waals surface area contributed by atoms with E-state index in [0.717, 1.165) is 0 Å². The maximum absolute atomic E-state index is 12.6. The summed E-state index contributed by atoms with van der Waals surface area (Å²) < 4.78 is 5.91. The third-order valence-corrected chi connectivity index (χ3v) is 4.47. The van der Waals surface area contributed by atoms with Gasteiger partial charge in [-0.25, -0.2) is 0 Å². The van der Waals surface area contributed by atoms with Gasteiger partial charge < -0.3 is 9.64 Å². The molecule has 3 nitrogen and oxygen atoms in total. The van der Waals surface area contributed by atoms with Gasteiger partial charge in [0.25, 0.3) is 0 Å². The molecule has 108 valence electrons. The number of hydrogen-bond acceptors (Lipinski definition) is 2. The Morgan fingerprint density at radius 2 is 1.79 bits per heavy atom. The fourth-order valence-electron chi connectivity index (χ4n) is 3.15. The lowest BCUT2D eigenvalue weighted by Gasteiger charge is -2.35. The Labute approximate surface area is 124 Å². The molecule has 19 heavy (non-hydrogen) atoms. The topological polar surface area (TPSA) is 29.5 Å². The van der Waals surface area contributed by atoms with Crippen molar-refractivity contribution in [1.29, 1.82) is 0 Å². The molecule has 1 saturated heterocycles. The average molecular weight is 306 g/mol. The van der Waals surface area contributed by atoms with Gasteiger partial charge in [0.15, 0.2) is 0 Å². The number of carbonyl (C=O) groups excluding carboxylic acids is 1. The molecule has 5 heteroatoms. The molecule has 0 unspecified atom stereocenters. The van der Waals surface area contributed by atoms with Crippen LogP contribution in [0.1, 0.15) is 27.7 Å². The fraction of sp³-hybridized carbons (Fsp3) is 0.786. The van der Waals surface area contributed by atoms with Crippen molar-refractivity contribution in [3.05, 3.63) is 10.6 Å². The van der Waals surface area contributed by atoms with E-state index in [1.165, 1.54) is 0 Å². The summed E-state index contributed by atoms with van der Waals surface area (Å²) in [4.78, 5) is 14.5. The molecule has 0 spiro atoms. The zero-order chi connectivity index (χ0) is 14.4. The van der Waals surface area contributed by atoms with Crippen LogP contribution in [0, 0.1) is 17.3 Å². The van der Waals surface area contributed by atoms with Gasteiger partial charge in [-0.2, -0.15) is 0 Å². The van der Waals surface area contributed by atoms with Crippen LogP contribution in [0.25, 0.3) is 0 Å². The van der Waals surface area contributed by atoms with Gasteiger partial charge in [0.2, 0.25) is 5.91 Å². The number of ether oxygens (including phenoxy) is 1. The molecule has 4 atom stereocenters. The van der Waals surface area contributed by atoms with Gasteiger partial charge >= 0.3 is 0 Å². The predicted octanol–water partition coefficient (Wildman–Crippen LogP) is 3.21. The lowest BCUT2D eigenvalue weighted by atomic mass is 10.1. The fourth-order valence-corrected chi connectivity index (χ4v) is 3.42. The quantitative estimate of drug-likeness (QED) is 0.784. The summed E-state index contributed by atoms with van der Waals surface area (Å²) in [6, 6.07) is 0. The van der Waals surface area contributed by atoms with Crippen molar-refractivity contribution in [2.24, 2.45) is 17.3 Å². The first-order chi connectivity index (χ1) is 8.73. The van der Waals surface area contributed by atoms with Gasteiger partial charge in [0.05, 0.1) is 18.1 Å². The van der Waals surface area contributed by atoms with Gasteiger partial charge in [0.1, 0.15) is 4.49 Å². The number of nitrogens with zero attached hydrogens (tertiary/aromatic N) is 1. The van der Waals surface area contributed by atoms with Gasteiger partial charge in [0, 0.05) is 13.1 Å². The first-order valence-corrected chi connectivity index (χ1v) is 7.46. The zero-order valence-electron chi connectivity index (χ0n) is 11.8. The summed E-state index contributed by atoms with van der Waals surface area (Å²) in [7, 11) is 0.